The molecule has 1 heterocycles. The second-order valence-electron chi connectivity index (χ2n) is 4.44. The Hall–Kier alpha value is -1.45. The number of aromatic carboxylic acids is 1. The minimum absolute atomic E-state index is 0.101. The summed E-state index contributed by atoms with van der Waals surface area (Å²) >= 11 is 0. The zero-order chi connectivity index (χ0) is 11.1. The van der Waals surface area contributed by atoms with E-state index in [1.807, 2.05) is 20.8 Å². The van der Waals surface area contributed by atoms with Crippen LogP contribution in [-0.2, 0) is 12.5 Å². The SMILES string of the molecule is Cn1c(C(C)(C)C)cc(C(=O)O)c1N. The van der Waals surface area contributed by atoms with Gasteiger partial charge >= 0.3 is 5.97 Å². The third-order valence-corrected chi connectivity index (χ3v) is 2.28. The molecule has 0 aliphatic rings. The van der Waals surface area contributed by atoms with Crippen LogP contribution in [0, 0.1) is 0 Å². The van der Waals surface area contributed by atoms with Crippen molar-refractivity contribution in [3.8, 4) is 0 Å². The Kier molecular flexibility index (Phi) is 2.31. The Balaban J connectivity index is 3.37. The van der Waals surface area contributed by atoms with E-state index in [0.29, 0.717) is 5.82 Å². The van der Waals surface area contributed by atoms with Crippen LogP contribution in [0.25, 0.3) is 0 Å². The molecule has 0 atom stereocenters. The van der Waals surface area contributed by atoms with Gasteiger partial charge in [-0.25, -0.2) is 4.79 Å². The van der Waals surface area contributed by atoms with Crippen LogP contribution in [0.5, 0.6) is 0 Å². The minimum atomic E-state index is -0.978. The predicted octanol–water partition coefficient (Wildman–Crippen LogP) is 1.60. The molecule has 1 aromatic rings. The molecule has 0 aromatic carbocycles. The van der Waals surface area contributed by atoms with Crippen molar-refractivity contribution in [3.63, 3.8) is 0 Å². The molecule has 0 aliphatic heterocycles. The third kappa shape index (κ3) is 1.60. The molecule has 0 unspecified atom stereocenters. The maximum Gasteiger partial charge on any atom is 0.339 e. The average molecular weight is 196 g/mol. The Morgan fingerprint density at radius 2 is 2.00 bits per heavy atom. The number of hydrogen-bond acceptors (Lipinski definition) is 2. The zero-order valence-corrected chi connectivity index (χ0v) is 8.96. The van der Waals surface area contributed by atoms with E-state index in [1.165, 1.54) is 0 Å². The lowest BCUT2D eigenvalue weighted by molar-refractivity contribution is 0.0698. The summed E-state index contributed by atoms with van der Waals surface area (Å²) < 4.78 is 1.73. The number of nitrogens with zero attached hydrogens (tertiary/aromatic N) is 1. The van der Waals surface area contributed by atoms with Crippen LogP contribution < -0.4 is 5.73 Å². The lowest BCUT2D eigenvalue weighted by Crippen LogP contribution is -2.16. The average Bonchev–Trinajstić information content (AvgIpc) is 2.28. The molecule has 14 heavy (non-hydrogen) atoms. The molecule has 0 amide bonds. The fourth-order valence-corrected chi connectivity index (χ4v) is 1.51. The number of aromatic nitrogens is 1. The maximum atomic E-state index is 10.8. The first-order valence-corrected chi connectivity index (χ1v) is 4.44. The van der Waals surface area contributed by atoms with Crippen LogP contribution in [0.15, 0.2) is 6.07 Å². The smallest absolute Gasteiger partial charge is 0.339 e. The summed E-state index contributed by atoms with van der Waals surface area (Å²) in [5.74, 6) is -0.670. The van der Waals surface area contributed by atoms with Gasteiger partial charge in [0.15, 0.2) is 0 Å². The molecule has 78 valence electrons. The van der Waals surface area contributed by atoms with Crippen LogP contribution >= 0.6 is 0 Å². The number of nitrogen functional groups attached to an aromatic ring is 1. The molecule has 0 radical (unpaired) electrons. The van der Waals surface area contributed by atoms with Gasteiger partial charge in [-0.2, -0.15) is 0 Å². The van der Waals surface area contributed by atoms with E-state index in [-0.39, 0.29) is 11.0 Å². The summed E-state index contributed by atoms with van der Waals surface area (Å²) in [4.78, 5) is 10.8. The van der Waals surface area contributed by atoms with Crippen molar-refractivity contribution in [1.29, 1.82) is 0 Å². The number of rotatable bonds is 1. The van der Waals surface area contributed by atoms with E-state index < -0.39 is 5.97 Å². The van der Waals surface area contributed by atoms with E-state index in [4.69, 9.17) is 10.8 Å². The quantitative estimate of drug-likeness (QED) is 0.716. The minimum Gasteiger partial charge on any atom is -0.478 e. The van der Waals surface area contributed by atoms with Gasteiger partial charge in [0.25, 0.3) is 0 Å². The highest BCUT2D eigenvalue weighted by Gasteiger charge is 2.23. The molecule has 0 spiro atoms. The number of hydrogen-bond donors (Lipinski definition) is 2. The molecule has 4 nitrogen and oxygen atoms in total. The summed E-state index contributed by atoms with van der Waals surface area (Å²) in [5, 5.41) is 8.88. The first-order valence-electron chi connectivity index (χ1n) is 4.44. The number of carboxylic acids is 1. The van der Waals surface area contributed by atoms with Gasteiger partial charge in [0.1, 0.15) is 11.4 Å². The first-order chi connectivity index (χ1) is 6.25. The summed E-state index contributed by atoms with van der Waals surface area (Å²) in [7, 11) is 1.78. The van der Waals surface area contributed by atoms with Crippen molar-refractivity contribution in [2.24, 2.45) is 7.05 Å². The summed E-state index contributed by atoms with van der Waals surface area (Å²) in [6, 6.07) is 1.64. The largest absolute Gasteiger partial charge is 0.478 e. The van der Waals surface area contributed by atoms with Gasteiger partial charge in [-0.1, -0.05) is 20.8 Å². The maximum absolute atomic E-state index is 10.8. The molecule has 0 bridgehead atoms. The fourth-order valence-electron chi connectivity index (χ4n) is 1.51. The van der Waals surface area contributed by atoms with Gasteiger partial charge in [0.05, 0.1) is 0 Å². The number of nitrogens with two attached hydrogens (primary N) is 1. The van der Waals surface area contributed by atoms with Gasteiger partial charge in [0.2, 0.25) is 0 Å². The number of carboxylic acid groups (broad SMARTS) is 1. The number of carbonyl (C=O) groups is 1. The molecule has 1 rings (SSSR count). The molecular formula is C10H16N2O2. The molecule has 0 saturated carbocycles. The van der Waals surface area contributed by atoms with Crippen molar-refractivity contribution in [2.45, 2.75) is 26.2 Å². The van der Waals surface area contributed by atoms with Gasteiger partial charge in [-0.05, 0) is 6.07 Å². The van der Waals surface area contributed by atoms with Crippen LogP contribution in [0.2, 0.25) is 0 Å². The fraction of sp³-hybridized carbons (Fsp3) is 0.500. The molecule has 0 fully saturated rings. The Labute approximate surface area is 83.3 Å². The van der Waals surface area contributed by atoms with Gasteiger partial charge < -0.3 is 15.4 Å². The summed E-state index contributed by atoms with van der Waals surface area (Å²) in [6.07, 6.45) is 0. The van der Waals surface area contributed by atoms with E-state index in [2.05, 4.69) is 0 Å². The van der Waals surface area contributed by atoms with E-state index in [1.54, 1.807) is 17.7 Å². The summed E-state index contributed by atoms with van der Waals surface area (Å²) in [5.41, 5.74) is 6.68. The van der Waals surface area contributed by atoms with Crippen molar-refractivity contribution in [2.75, 3.05) is 5.73 Å². The molecule has 3 N–H and O–H groups in total. The van der Waals surface area contributed by atoms with Crippen molar-refractivity contribution < 1.29 is 9.90 Å². The van der Waals surface area contributed by atoms with E-state index >= 15 is 0 Å². The topological polar surface area (TPSA) is 68.2 Å². The van der Waals surface area contributed by atoms with Crippen molar-refractivity contribution in [1.82, 2.24) is 4.57 Å². The monoisotopic (exact) mass is 196 g/mol. The highest BCUT2D eigenvalue weighted by Crippen LogP contribution is 2.27. The normalized spacial score (nSPS) is 11.7. The molecular weight excluding hydrogens is 180 g/mol. The molecule has 0 aliphatic carbocycles. The lowest BCUT2D eigenvalue weighted by Gasteiger charge is -2.19. The summed E-state index contributed by atoms with van der Waals surface area (Å²) in [6.45, 7) is 6.06. The molecule has 4 heteroatoms. The standard InChI is InChI=1S/C10H16N2O2/c1-10(2,3)7-5-6(9(13)14)8(11)12(7)4/h5H,11H2,1-4H3,(H,13,14). The van der Waals surface area contributed by atoms with Gasteiger partial charge in [0, 0.05) is 18.2 Å². The number of anilines is 1. The van der Waals surface area contributed by atoms with E-state index in [0.717, 1.165) is 5.69 Å². The van der Waals surface area contributed by atoms with Crippen LogP contribution in [-0.4, -0.2) is 15.6 Å². The second-order valence-corrected chi connectivity index (χ2v) is 4.44. The Morgan fingerprint density at radius 3 is 2.21 bits per heavy atom. The van der Waals surface area contributed by atoms with Crippen LogP contribution in [0.4, 0.5) is 5.82 Å². The van der Waals surface area contributed by atoms with Gasteiger partial charge in [-0.3, -0.25) is 0 Å². The predicted molar refractivity (Wildman–Crippen MR) is 55.5 cm³/mol. The first kappa shape index (κ1) is 10.6. The van der Waals surface area contributed by atoms with E-state index in [9.17, 15) is 4.79 Å². The molecule has 1 aromatic heterocycles. The lowest BCUT2D eigenvalue weighted by atomic mass is 9.92. The molecule has 0 saturated heterocycles. The van der Waals surface area contributed by atoms with Crippen molar-refractivity contribution in [3.05, 3.63) is 17.3 Å². The zero-order valence-electron chi connectivity index (χ0n) is 8.96. The highest BCUT2D eigenvalue weighted by molar-refractivity contribution is 5.93. The third-order valence-electron chi connectivity index (χ3n) is 2.28. The van der Waals surface area contributed by atoms with Crippen LogP contribution in [0.1, 0.15) is 36.8 Å². The second kappa shape index (κ2) is 3.04. The highest BCUT2D eigenvalue weighted by atomic mass is 16.4. The van der Waals surface area contributed by atoms with Crippen molar-refractivity contribution >= 4 is 11.8 Å². The Bertz CT molecular complexity index is 372. The van der Waals surface area contributed by atoms with Gasteiger partial charge in [-0.15, -0.1) is 0 Å². The Morgan fingerprint density at radius 1 is 1.50 bits per heavy atom. The van der Waals surface area contributed by atoms with Crippen LogP contribution in [0.3, 0.4) is 0 Å².